The third-order valence-electron chi connectivity index (χ3n) is 4.22. The highest BCUT2D eigenvalue weighted by Crippen LogP contribution is 2.29. The zero-order valence-electron chi connectivity index (χ0n) is 13.5. The van der Waals surface area contributed by atoms with Gasteiger partial charge < -0.3 is 20.2 Å². The molecule has 1 fully saturated rings. The number of anilines is 1. The van der Waals surface area contributed by atoms with E-state index in [0.29, 0.717) is 17.8 Å². The van der Waals surface area contributed by atoms with Gasteiger partial charge in [0.1, 0.15) is 16.5 Å². The van der Waals surface area contributed by atoms with Crippen LogP contribution < -0.4 is 15.8 Å². The van der Waals surface area contributed by atoms with Gasteiger partial charge in [-0.1, -0.05) is 11.6 Å². The van der Waals surface area contributed by atoms with Gasteiger partial charge in [0.05, 0.1) is 13.1 Å². The molecule has 3 aromatic heterocycles. The molecule has 4 rings (SSSR count). The van der Waals surface area contributed by atoms with Crippen molar-refractivity contribution in [3.05, 3.63) is 39.9 Å². The smallest absolute Gasteiger partial charge is 0.277 e. The number of nitrogens with zero attached hydrogens (tertiary/aromatic N) is 3. The molecule has 1 aliphatic heterocycles. The van der Waals surface area contributed by atoms with Gasteiger partial charge in [-0.3, -0.25) is 4.79 Å². The summed E-state index contributed by atoms with van der Waals surface area (Å²) in [6.45, 7) is -0.385. The van der Waals surface area contributed by atoms with E-state index in [1.165, 1.54) is 4.90 Å². The van der Waals surface area contributed by atoms with Gasteiger partial charge in [-0.15, -0.1) is 0 Å². The topological polar surface area (TPSA) is 89.7 Å². The second-order valence-corrected chi connectivity index (χ2v) is 6.49. The quantitative estimate of drug-likeness (QED) is 0.633. The van der Waals surface area contributed by atoms with Crippen LogP contribution in [0.2, 0.25) is 5.02 Å². The summed E-state index contributed by atoms with van der Waals surface area (Å²) in [6.07, 6.45) is 3.30. The Morgan fingerprint density at radius 1 is 1.35 bits per heavy atom. The van der Waals surface area contributed by atoms with Crippen LogP contribution in [0.4, 0.5) is 14.6 Å². The van der Waals surface area contributed by atoms with Crippen molar-refractivity contribution in [2.75, 3.05) is 31.1 Å². The van der Waals surface area contributed by atoms with Crippen molar-refractivity contribution >= 4 is 28.5 Å². The van der Waals surface area contributed by atoms with E-state index in [1.54, 1.807) is 18.5 Å². The van der Waals surface area contributed by atoms with Crippen LogP contribution in [0.25, 0.3) is 22.4 Å². The van der Waals surface area contributed by atoms with E-state index in [9.17, 15) is 13.6 Å². The summed E-state index contributed by atoms with van der Waals surface area (Å²) in [7, 11) is 0. The van der Waals surface area contributed by atoms with E-state index in [1.807, 2.05) is 6.07 Å². The predicted molar refractivity (Wildman–Crippen MR) is 95.0 cm³/mol. The average molecular weight is 381 g/mol. The highest BCUT2D eigenvalue weighted by atomic mass is 35.5. The fourth-order valence-electron chi connectivity index (χ4n) is 3.02. The molecule has 0 aromatic carbocycles. The van der Waals surface area contributed by atoms with Crippen LogP contribution in [-0.4, -0.2) is 52.0 Å². The van der Waals surface area contributed by atoms with Crippen molar-refractivity contribution in [1.82, 2.24) is 25.3 Å². The van der Waals surface area contributed by atoms with E-state index in [2.05, 4.69) is 25.3 Å². The first-order valence-corrected chi connectivity index (χ1v) is 8.38. The van der Waals surface area contributed by atoms with E-state index in [0.717, 1.165) is 5.39 Å². The number of aromatic nitrogens is 4. The summed E-state index contributed by atoms with van der Waals surface area (Å²) < 4.78 is 27.9. The second kappa shape index (κ2) is 6.33. The summed E-state index contributed by atoms with van der Waals surface area (Å²) in [5.74, 6) is -2.66. The van der Waals surface area contributed by atoms with Crippen LogP contribution in [-0.2, 0) is 0 Å². The van der Waals surface area contributed by atoms with Crippen LogP contribution in [0.1, 0.15) is 0 Å². The average Bonchev–Trinajstić information content (AvgIpc) is 2.95. The lowest BCUT2D eigenvalue weighted by Crippen LogP contribution is -2.39. The Bertz CT molecular complexity index is 1020. The zero-order chi connectivity index (χ0) is 18.3. The molecule has 10 heteroatoms. The number of aromatic amines is 2. The Kier molecular flexibility index (Phi) is 4.12. The fourth-order valence-corrected chi connectivity index (χ4v) is 3.23. The summed E-state index contributed by atoms with van der Waals surface area (Å²) in [5.41, 5.74) is 0.667. The molecule has 7 nitrogen and oxygen atoms in total. The first-order chi connectivity index (χ1) is 12.4. The SMILES string of the molecule is O=c1[nH]c(-c2c[nH]c3ncccc23)nc(N2CCNCC(F)(F)C2)c1Cl. The molecule has 1 saturated heterocycles. The van der Waals surface area contributed by atoms with Crippen molar-refractivity contribution in [3.8, 4) is 11.4 Å². The fraction of sp³-hybridized carbons (Fsp3) is 0.312. The van der Waals surface area contributed by atoms with E-state index < -0.39 is 24.6 Å². The van der Waals surface area contributed by atoms with Crippen molar-refractivity contribution in [3.63, 3.8) is 0 Å². The maximum Gasteiger partial charge on any atom is 0.277 e. The lowest BCUT2D eigenvalue weighted by atomic mass is 10.2. The molecule has 3 N–H and O–H groups in total. The first-order valence-electron chi connectivity index (χ1n) is 8.00. The molecule has 26 heavy (non-hydrogen) atoms. The summed E-state index contributed by atoms with van der Waals surface area (Å²) in [5, 5.41) is 3.23. The van der Waals surface area contributed by atoms with Gasteiger partial charge in [-0.05, 0) is 12.1 Å². The predicted octanol–water partition coefficient (Wildman–Crippen LogP) is 2.01. The molecule has 0 spiro atoms. The minimum absolute atomic E-state index is 0.0482. The molecule has 1 aliphatic rings. The van der Waals surface area contributed by atoms with E-state index in [4.69, 9.17) is 11.6 Å². The number of pyridine rings is 1. The first kappa shape index (κ1) is 16.9. The van der Waals surface area contributed by atoms with Gasteiger partial charge >= 0.3 is 0 Å². The standard InChI is InChI=1S/C16H15ClF2N6O/c17-11-14(25-5-4-20-7-16(18,19)8-25)23-13(24-15(11)26)10-6-22-12-9(10)2-1-3-21-12/h1-3,6,20H,4-5,7-8H2,(H,21,22)(H,23,24,26). The second-order valence-electron chi connectivity index (χ2n) is 6.11. The third kappa shape index (κ3) is 3.04. The molecule has 0 saturated carbocycles. The Labute approximate surface area is 151 Å². The monoisotopic (exact) mass is 380 g/mol. The van der Waals surface area contributed by atoms with Crippen LogP contribution in [0.5, 0.6) is 0 Å². The zero-order valence-corrected chi connectivity index (χ0v) is 14.3. The van der Waals surface area contributed by atoms with Gasteiger partial charge in [0.25, 0.3) is 11.5 Å². The Morgan fingerprint density at radius 2 is 2.19 bits per heavy atom. The van der Waals surface area contributed by atoms with Gasteiger partial charge in [0, 0.05) is 36.4 Å². The van der Waals surface area contributed by atoms with Crippen LogP contribution >= 0.6 is 11.6 Å². The molecule has 4 heterocycles. The van der Waals surface area contributed by atoms with Crippen molar-refractivity contribution in [2.45, 2.75) is 5.92 Å². The Morgan fingerprint density at radius 3 is 3.04 bits per heavy atom. The molecule has 3 aromatic rings. The lowest BCUT2D eigenvalue weighted by molar-refractivity contribution is 0.0156. The number of halogens is 3. The van der Waals surface area contributed by atoms with Gasteiger partial charge in [0.15, 0.2) is 5.82 Å². The molecular weight excluding hydrogens is 366 g/mol. The molecule has 136 valence electrons. The molecule has 0 amide bonds. The van der Waals surface area contributed by atoms with Gasteiger partial charge in [0.2, 0.25) is 0 Å². The Balaban J connectivity index is 1.83. The summed E-state index contributed by atoms with van der Waals surface area (Å²) in [6, 6.07) is 3.59. The summed E-state index contributed by atoms with van der Waals surface area (Å²) >= 11 is 6.09. The lowest BCUT2D eigenvalue weighted by Gasteiger charge is -2.25. The largest absolute Gasteiger partial charge is 0.348 e. The number of H-pyrrole nitrogens is 2. The highest BCUT2D eigenvalue weighted by Gasteiger charge is 2.35. The molecule has 0 bridgehead atoms. The highest BCUT2D eigenvalue weighted by molar-refractivity contribution is 6.32. The summed E-state index contributed by atoms with van der Waals surface area (Å²) in [4.78, 5) is 27.8. The van der Waals surface area contributed by atoms with Crippen molar-refractivity contribution < 1.29 is 8.78 Å². The third-order valence-corrected chi connectivity index (χ3v) is 4.56. The van der Waals surface area contributed by atoms with Gasteiger partial charge in [-0.2, -0.15) is 0 Å². The normalized spacial score (nSPS) is 17.4. The van der Waals surface area contributed by atoms with E-state index >= 15 is 0 Å². The molecule has 0 atom stereocenters. The molecule has 0 aliphatic carbocycles. The number of hydrogen-bond donors (Lipinski definition) is 3. The number of rotatable bonds is 2. The van der Waals surface area contributed by atoms with Crippen molar-refractivity contribution in [2.24, 2.45) is 0 Å². The maximum atomic E-state index is 13.9. The molecular formula is C16H15ClF2N6O. The maximum absolute atomic E-state index is 13.9. The number of alkyl halides is 2. The molecule has 0 unspecified atom stereocenters. The van der Waals surface area contributed by atoms with E-state index in [-0.39, 0.29) is 23.2 Å². The van der Waals surface area contributed by atoms with Crippen LogP contribution in [0, 0.1) is 0 Å². The van der Waals surface area contributed by atoms with Crippen molar-refractivity contribution in [1.29, 1.82) is 0 Å². The number of hydrogen-bond acceptors (Lipinski definition) is 5. The Hall–Kier alpha value is -2.52. The van der Waals surface area contributed by atoms with Crippen LogP contribution in [0.15, 0.2) is 29.3 Å². The number of fused-ring (bicyclic) bond motifs is 1. The molecule has 0 radical (unpaired) electrons. The minimum Gasteiger partial charge on any atom is -0.348 e. The minimum atomic E-state index is -2.95. The van der Waals surface area contributed by atoms with Crippen LogP contribution in [0.3, 0.4) is 0 Å². The number of nitrogens with one attached hydrogen (secondary N) is 3. The van der Waals surface area contributed by atoms with Gasteiger partial charge in [-0.25, -0.2) is 18.7 Å².